The number of rotatable bonds is 13. The summed E-state index contributed by atoms with van der Waals surface area (Å²) >= 11 is 7.94. The Balaban J connectivity index is 1.20. The average Bonchev–Trinajstić information content (AvgIpc) is 3.63. The third-order valence-corrected chi connectivity index (χ3v) is 10.1. The highest BCUT2D eigenvalue weighted by Crippen LogP contribution is 2.45. The quantitative estimate of drug-likeness (QED) is 0.0853. The second-order valence-corrected chi connectivity index (χ2v) is 15.2. The van der Waals surface area contributed by atoms with Crippen LogP contribution >= 0.6 is 22.9 Å². The maximum absolute atomic E-state index is 13.5. The molecule has 0 amide bonds. The van der Waals surface area contributed by atoms with E-state index >= 15 is 0 Å². The topological polar surface area (TPSA) is 137 Å². The predicted molar refractivity (Wildman–Crippen MR) is 180 cm³/mol. The molecule has 3 heterocycles. The minimum atomic E-state index is -5.20. The van der Waals surface area contributed by atoms with Gasteiger partial charge in [-0.2, -0.15) is 18.3 Å². The van der Waals surface area contributed by atoms with Gasteiger partial charge in [0.25, 0.3) is 0 Å². The zero-order chi connectivity index (χ0) is 35.6. The number of hydrogen-bond donors (Lipinski definition) is 2. The van der Waals surface area contributed by atoms with Gasteiger partial charge in [-0.1, -0.05) is 23.7 Å². The van der Waals surface area contributed by atoms with E-state index in [0.717, 1.165) is 33.3 Å². The van der Waals surface area contributed by atoms with E-state index in [4.69, 9.17) is 21.1 Å². The van der Waals surface area contributed by atoms with Crippen molar-refractivity contribution in [3.63, 3.8) is 0 Å². The van der Waals surface area contributed by atoms with Gasteiger partial charge in [0, 0.05) is 41.7 Å². The molecule has 2 aromatic carbocycles. The Kier molecular flexibility index (Phi) is 10.3. The molecule has 0 radical (unpaired) electrons. The summed E-state index contributed by atoms with van der Waals surface area (Å²) in [6.07, 6.45) is -1.19. The van der Waals surface area contributed by atoms with Gasteiger partial charge in [-0.05, 0) is 54.3 Å². The van der Waals surface area contributed by atoms with Crippen LogP contribution in [-0.2, 0) is 45.4 Å². The third kappa shape index (κ3) is 8.51. The van der Waals surface area contributed by atoms with E-state index < -0.39 is 28.1 Å². The summed E-state index contributed by atoms with van der Waals surface area (Å²) in [4.78, 5) is 22.2. The van der Waals surface area contributed by atoms with Crippen molar-refractivity contribution in [1.82, 2.24) is 25.1 Å². The molecule has 1 aliphatic rings. The summed E-state index contributed by atoms with van der Waals surface area (Å²) in [5, 5.41) is 11.8. The molecule has 0 bridgehead atoms. The Hall–Kier alpha value is -4.32. The van der Waals surface area contributed by atoms with Crippen molar-refractivity contribution in [2.75, 3.05) is 30.4 Å². The number of alkyl halides is 3. The van der Waals surface area contributed by atoms with Gasteiger partial charge >= 0.3 is 12.1 Å². The maximum atomic E-state index is 13.5. The number of hydrogen-bond acceptors (Lipinski definition) is 11. The standard InChI is InChI=1S/C32H29ClF4N6O5S2/c1-50(45,46)10-9-38-13-21(48-31(44)32(35,36)37)14-43-15-23-25(42-43)7-6-22-27-29(39-17-40-30(27)49-28(22)23)41-20-5-8-26(24(33)12-20)47-16-18-3-2-4-19(34)11-18/h2-5,8,11-12,15,17,21,38H,6-7,9-10,13-14,16H2,1H3,(H,39,40,41)/t21-/m1/s1. The molecule has 11 nitrogen and oxygen atoms in total. The van der Waals surface area contributed by atoms with E-state index in [2.05, 4.69) is 25.7 Å². The predicted octanol–water partition coefficient (Wildman–Crippen LogP) is 5.88. The van der Waals surface area contributed by atoms with Crippen molar-refractivity contribution in [3.8, 4) is 16.2 Å². The molecular formula is C32H29ClF4N6O5S2. The van der Waals surface area contributed by atoms with E-state index in [0.29, 0.717) is 45.5 Å². The van der Waals surface area contributed by atoms with Crippen molar-refractivity contribution < 1.29 is 40.2 Å². The molecule has 50 heavy (non-hydrogen) atoms. The van der Waals surface area contributed by atoms with Crippen LogP contribution in [0.1, 0.15) is 16.8 Å². The first-order chi connectivity index (χ1) is 23.7. The molecule has 5 aromatic rings. The van der Waals surface area contributed by atoms with Crippen LogP contribution in [0.4, 0.5) is 29.1 Å². The molecule has 0 unspecified atom stereocenters. The Morgan fingerprint density at radius 2 is 1.98 bits per heavy atom. The lowest BCUT2D eigenvalue weighted by molar-refractivity contribution is -0.205. The number of carbonyl (C=O) groups is 1. The number of fused-ring (bicyclic) bond motifs is 5. The summed E-state index contributed by atoms with van der Waals surface area (Å²) in [5.41, 5.74) is 3.77. The van der Waals surface area contributed by atoms with Crippen molar-refractivity contribution >= 4 is 60.5 Å². The summed E-state index contributed by atoms with van der Waals surface area (Å²) in [6.45, 7) is -0.309. The summed E-state index contributed by atoms with van der Waals surface area (Å²) in [7, 11) is -3.31. The molecule has 0 saturated heterocycles. The molecule has 0 fully saturated rings. The van der Waals surface area contributed by atoms with Crippen molar-refractivity contribution in [2.24, 2.45) is 0 Å². The fraction of sp³-hybridized carbons (Fsp3) is 0.312. The maximum Gasteiger partial charge on any atom is 0.490 e. The van der Waals surface area contributed by atoms with Gasteiger partial charge in [-0.3, -0.25) is 4.68 Å². The highest BCUT2D eigenvalue weighted by molar-refractivity contribution is 7.90. The van der Waals surface area contributed by atoms with Crippen LogP contribution in [0.2, 0.25) is 5.02 Å². The van der Waals surface area contributed by atoms with Gasteiger partial charge in [0.1, 0.15) is 51.1 Å². The first-order valence-corrected chi connectivity index (χ1v) is 18.4. The Labute approximate surface area is 292 Å². The van der Waals surface area contributed by atoms with Gasteiger partial charge in [-0.25, -0.2) is 27.6 Å². The van der Waals surface area contributed by atoms with Crippen molar-refractivity contribution in [2.45, 2.75) is 38.3 Å². The summed E-state index contributed by atoms with van der Waals surface area (Å²) < 4.78 is 87.4. The smallest absolute Gasteiger partial charge is 0.487 e. The number of benzene rings is 2. The molecule has 18 heteroatoms. The minimum absolute atomic E-state index is 0.0300. The van der Waals surface area contributed by atoms with Crippen LogP contribution in [0.25, 0.3) is 20.7 Å². The number of carbonyl (C=O) groups excluding carboxylic acids is 1. The van der Waals surface area contributed by atoms with Gasteiger partial charge in [0.2, 0.25) is 0 Å². The van der Waals surface area contributed by atoms with Gasteiger partial charge in [0.15, 0.2) is 0 Å². The number of nitrogens with zero attached hydrogens (tertiary/aromatic N) is 4. The lowest BCUT2D eigenvalue weighted by Crippen LogP contribution is -2.39. The van der Waals surface area contributed by atoms with E-state index in [1.165, 1.54) is 34.5 Å². The van der Waals surface area contributed by atoms with E-state index in [1.54, 1.807) is 36.5 Å². The summed E-state index contributed by atoms with van der Waals surface area (Å²) in [5.74, 6) is -1.97. The zero-order valence-corrected chi connectivity index (χ0v) is 28.6. The zero-order valence-electron chi connectivity index (χ0n) is 26.3. The van der Waals surface area contributed by atoms with E-state index in [-0.39, 0.29) is 37.8 Å². The van der Waals surface area contributed by atoms with Gasteiger partial charge in [-0.15, -0.1) is 11.3 Å². The number of nitrogens with one attached hydrogen (secondary N) is 2. The van der Waals surface area contributed by atoms with Crippen molar-refractivity contribution in [1.29, 1.82) is 0 Å². The van der Waals surface area contributed by atoms with Gasteiger partial charge in [0.05, 0.1) is 28.4 Å². The number of aryl methyl sites for hydroxylation is 2. The van der Waals surface area contributed by atoms with Gasteiger partial charge < -0.3 is 20.1 Å². The second-order valence-electron chi connectivity index (χ2n) is 11.6. The molecule has 1 aliphatic carbocycles. The highest BCUT2D eigenvalue weighted by Gasteiger charge is 2.42. The monoisotopic (exact) mass is 752 g/mol. The number of ether oxygens (including phenoxy) is 2. The third-order valence-electron chi connectivity index (χ3n) is 7.68. The molecule has 6 rings (SSSR count). The fourth-order valence-electron chi connectivity index (χ4n) is 5.43. The molecular weight excluding hydrogens is 724 g/mol. The minimum Gasteiger partial charge on any atom is -0.487 e. The normalized spacial score (nSPS) is 13.5. The second kappa shape index (κ2) is 14.5. The van der Waals surface area contributed by atoms with Crippen LogP contribution in [0.5, 0.6) is 5.75 Å². The lowest BCUT2D eigenvalue weighted by atomic mass is 9.95. The van der Waals surface area contributed by atoms with Crippen LogP contribution < -0.4 is 15.4 Å². The number of esters is 1. The Bertz CT molecular complexity index is 2160. The van der Waals surface area contributed by atoms with Crippen molar-refractivity contribution in [3.05, 3.63) is 82.6 Å². The number of anilines is 2. The molecule has 0 aliphatic heterocycles. The summed E-state index contributed by atoms with van der Waals surface area (Å²) in [6, 6.07) is 11.3. The number of sulfone groups is 1. The van der Waals surface area contributed by atoms with Crippen LogP contribution in [0.3, 0.4) is 0 Å². The lowest BCUT2D eigenvalue weighted by Gasteiger charge is -2.19. The number of thiophene rings is 1. The fourth-order valence-corrected chi connectivity index (χ4v) is 7.40. The Morgan fingerprint density at radius 1 is 1.16 bits per heavy atom. The van der Waals surface area contributed by atoms with Crippen LogP contribution in [-0.4, -0.2) is 71.5 Å². The molecule has 2 N–H and O–H groups in total. The first-order valence-electron chi connectivity index (χ1n) is 15.2. The van der Waals surface area contributed by atoms with Crippen LogP contribution in [0.15, 0.2) is 55.0 Å². The average molecular weight is 753 g/mol. The van der Waals surface area contributed by atoms with E-state index in [9.17, 15) is 30.8 Å². The Morgan fingerprint density at radius 3 is 2.72 bits per heavy atom. The number of aromatic nitrogens is 4. The highest BCUT2D eigenvalue weighted by atomic mass is 35.5. The SMILES string of the molecule is CS(=O)(=O)CCNC[C@H](Cn1cc2c(n1)CCc1c-2sc2ncnc(Nc3ccc(OCc4cccc(F)c4)c(Cl)c3)c12)OC(=O)C(F)(F)F. The molecule has 3 aromatic heterocycles. The molecule has 1 atom stereocenters. The van der Waals surface area contributed by atoms with E-state index in [1.807, 2.05) is 0 Å². The molecule has 0 spiro atoms. The first kappa shape index (κ1) is 35.5. The largest absolute Gasteiger partial charge is 0.490 e. The molecule has 264 valence electrons. The van der Waals surface area contributed by atoms with Crippen LogP contribution in [0, 0.1) is 5.82 Å². The molecule has 0 saturated carbocycles. The number of halogens is 5.